The lowest BCUT2D eigenvalue weighted by Gasteiger charge is -2.35. The molecule has 3 atom stereocenters. The van der Waals surface area contributed by atoms with Crippen LogP contribution < -0.4 is 9.47 Å². The Morgan fingerprint density at radius 3 is 2.67 bits per heavy atom. The molecule has 5 rings (SSSR count). The minimum atomic E-state index is -0.879. The molecule has 0 radical (unpaired) electrons. The summed E-state index contributed by atoms with van der Waals surface area (Å²) in [6.45, 7) is 1.96. The molecule has 2 aliphatic heterocycles. The largest absolute Gasteiger partial charge is 0.493 e. The van der Waals surface area contributed by atoms with Gasteiger partial charge in [-0.2, -0.15) is 0 Å². The van der Waals surface area contributed by atoms with Gasteiger partial charge in [0, 0.05) is 18.5 Å². The summed E-state index contributed by atoms with van der Waals surface area (Å²) in [7, 11) is 3.84. The zero-order valence-corrected chi connectivity index (χ0v) is 17.2. The van der Waals surface area contributed by atoms with Crippen molar-refractivity contribution in [3.05, 3.63) is 71.3 Å². The number of nitrogens with zero attached hydrogens (tertiary/aromatic N) is 1. The van der Waals surface area contributed by atoms with Crippen LogP contribution in [0.3, 0.4) is 0 Å². The van der Waals surface area contributed by atoms with Crippen LogP contribution in [0.4, 0.5) is 0 Å². The molecule has 1 aliphatic carbocycles. The zero-order chi connectivity index (χ0) is 21.3. The Morgan fingerprint density at radius 1 is 1.23 bits per heavy atom. The Morgan fingerprint density at radius 2 is 2.00 bits per heavy atom. The van der Waals surface area contributed by atoms with Crippen molar-refractivity contribution in [1.29, 1.82) is 0 Å². The molecule has 1 spiro atoms. The maximum Gasteiger partial charge on any atom is 0.335 e. The number of hydrogen-bond acceptors (Lipinski definition) is 5. The second-order valence-electron chi connectivity index (χ2n) is 8.10. The van der Waals surface area contributed by atoms with Crippen molar-refractivity contribution >= 4 is 5.97 Å². The van der Waals surface area contributed by atoms with E-state index in [1.165, 1.54) is 11.1 Å². The normalized spacial score (nSPS) is 26.4. The van der Waals surface area contributed by atoms with Crippen LogP contribution in [-0.2, 0) is 12.0 Å². The van der Waals surface area contributed by atoms with Crippen LogP contribution in [0.1, 0.15) is 34.3 Å². The predicted molar refractivity (Wildman–Crippen MR) is 113 cm³/mol. The molecule has 30 heavy (non-hydrogen) atoms. The van der Waals surface area contributed by atoms with Gasteiger partial charge >= 0.3 is 5.97 Å². The quantitative estimate of drug-likeness (QED) is 0.742. The summed E-state index contributed by atoms with van der Waals surface area (Å²) < 4.78 is 11.8. The van der Waals surface area contributed by atoms with Crippen molar-refractivity contribution in [1.82, 2.24) is 4.90 Å². The third-order valence-corrected chi connectivity index (χ3v) is 6.17. The zero-order valence-electron chi connectivity index (χ0n) is 17.2. The number of carbonyl (C=O) groups is 1. The van der Waals surface area contributed by atoms with Crippen LogP contribution in [-0.4, -0.2) is 54.0 Å². The molecular formula is C24H27NO5. The van der Waals surface area contributed by atoms with E-state index in [2.05, 4.69) is 24.1 Å². The molecule has 2 heterocycles. The average molecular weight is 409 g/mol. The number of benzene rings is 2. The third-order valence-electron chi connectivity index (χ3n) is 6.17. The number of aromatic carboxylic acids is 1. The van der Waals surface area contributed by atoms with Crippen LogP contribution in [0.25, 0.3) is 0 Å². The lowest BCUT2D eigenvalue weighted by molar-refractivity contribution is 0.0696. The molecule has 0 unspecified atom stereocenters. The molecule has 2 aromatic carbocycles. The minimum absolute atomic E-state index is 0.00838. The van der Waals surface area contributed by atoms with Gasteiger partial charge in [0.1, 0.15) is 6.10 Å². The SMILES string of the molecule is COc1ccc2c3c1O[C@H]1C[C@@H](O)C=C[C@@]31CCN(C)C2.O=C(O)c1ccccc1. The van der Waals surface area contributed by atoms with Gasteiger partial charge in [0.05, 0.1) is 24.2 Å². The topological polar surface area (TPSA) is 79.2 Å². The first-order chi connectivity index (χ1) is 14.4. The molecule has 2 N–H and O–H groups in total. The van der Waals surface area contributed by atoms with E-state index in [1.807, 2.05) is 12.1 Å². The van der Waals surface area contributed by atoms with E-state index in [1.54, 1.807) is 37.4 Å². The van der Waals surface area contributed by atoms with Gasteiger partial charge in [0.25, 0.3) is 0 Å². The Labute approximate surface area is 176 Å². The van der Waals surface area contributed by atoms with E-state index in [9.17, 15) is 9.90 Å². The molecule has 0 fully saturated rings. The van der Waals surface area contributed by atoms with E-state index < -0.39 is 12.1 Å². The smallest absolute Gasteiger partial charge is 0.335 e. The Balaban J connectivity index is 0.000000204. The number of hydrogen-bond donors (Lipinski definition) is 2. The fourth-order valence-corrected chi connectivity index (χ4v) is 4.66. The summed E-state index contributed by atoms with van der Waals surface area (Å²) in [4.78, 5) is 12.6. The van der Waals surface area contributed by atoms with Crippen LogP contribution in [0, 0.1) is 0 Å². The lowest BCUT2D eigenvalue weighted by atomic mass is 9.69. The van der Waals surface area contributed by atoms with Gasteiger partial charge in [-0.15, -0.1) is 0 Å². The van der Waals surface area contributed by atoms with Crippen molar-refractivity contribution in [2.24, 2.45) is 0 Å². The molecule has 0 amide bonds. The van der Waals surface area contributed by atoms with Crippen molar-refractivity contribution in [3.63, 3.8) is 0 Å². The van der Waals surface area contributed by atoms with Gasteiger partial charge in [0.2, 0.25) is 0 Å². The van der Waals surface area contributed by atoms with E-state index in [-0.39, 0.29) is 11.5 Å². The molecule has 6 heteroatoms. The van der Waals surface area contributed by atoms with E-state index in [4.69, 9.17) is 14.6 Å². The average Bonchev–Trinajstić information content (AvgIpc) is 3.00. The second kappa shape index (κ2) is 8.13. The summed E-state index contributed by atoms with van der Waals surface area (Å²) in [5.74, 6) is 0.805. The van der Waals surface area contributed by atoms with Crippen LogP contribution >= 0.6 is 0 Å². The summed E-state index contributed by atoms with van der Waals surface area (Å²) in [5.41, 5.74) is 2.81. The van der Waals surface area contributed by atoms with Crippen LogP contribution in [0.5, 0.6) is 11.5 Å². The van der Waals surface area contributed by atoms with Crippen molar-refractivity contribution in [3.8, 4) is 11.5 Å². The van der Waals surface area contributed by atoms with Gasteiger partial charge in [-0.05, 0) is 43.8 Å². The van der Waals surface area contributed by atoms with Crippen molar-refractivity contribution in [2.45, 2.75) is 37.0 Å². The van der Waals surface area contributed by atoms with E-state index in [0.29, 0.717) is 12.0 Å². The van der Waals surface area contributed by atoms with Gasteiger partial charge in [-0.3, -0.25) is 0 Å². The lowest BCUT2D eigenvalue weighted by Crippen LogP contribution is -2.42. The van der Waals surface area contributed by atoms with Gasteiger partial charge in [0.15, 0.2) is 11.5 Å². The van der Waals surface area contributed by atoms with Crippen molar-refractivity contribution < 1.29 is 24.5 Å². The monoisotopic (exact) mass is 409 g/mol. The molecule has 158 valence electrons. The van der Waals surface area contributed by atoms with Crippen molar-refractivity contribution in [2.75, 3.05) is 20.7 Å². The van der Waals surface area contributed by atoms with Gasteiger partial charge in [-0.1, -0.05) is 36.4 Å². The number of aliphatic hydroxyl groups is 1. The molecule has 0 saturated heterocycles. The number of rotatable bonds is 2. The first kappa shape index (κ1) is 20.4. The number of aliphatic hydroxyl groups excluding tert-OH is 1. The maximum atomic E-state index is 10.2. The molecule has 0 saturated carbocycles. The van der Waals surface area contributed by atoms with E-state index >= 15 is 0 Å². The second-order valence-corrected chi connectivity index (χ2v) is 8.10. The Hall–Kier alpha value is -2.83. The Bertz CT molecular complexity index is 958. The standard InChI is InChI=1S/C17H21NO3.C7H6O2/c1-18-8-7-17-6-5-12(19)9-14(17)21-16-13(20-2)4-3-11(10-18)15(16)17;8-7(9)6-4-2-1-3-5-6/h3-6,12,14,19H,7-10H2,1-2H3;1-5H,(H,8,9)/t12-,14-,17-;/m0./s1. The highest BCUT2D eigenvalue weighted by Gasteiger charge is 2.52. The van der Waals surface area contributed by atoms with Crippen LogP contribution in [0.2, 0.25) is 0 Å². The maximum absolute atomic E-state index is 10.2. The number of carboxylic acids is 1. The predicted octanol–water partition coefficient (Wildman–Crippen LogP) is 3.24. The highest BCUT2D eigenvalue weighted by atomic mass is 16.5. The first-order valence-corrected chi connectivity index (χ1v) is 10.2. The molecule has 6 nitrogen and oxygen atoms in total. The summed E-state index contributed by atoms with van der Waals surface area (Å²) in [6, 6.07) is 12.5. The third kappa shape index (κ3) is 3.57. The van der Waals surface area contributed by atoms with E-state index in [0.717, 1.165) is 31.0 Å². The molecular weight excluding hydrogens is 382 g/mol. The first-order valence-electron chi connectivity index (χ1n) is 10.2. The summed E-state index contributed by atoms with van der Waals surface area (Å²) in [5, 5.41) is 18.4. The number of methoxy groups -OCH3 is 1. The molecule has 3 aliphatic rings. The minimum Gasteiger partial charge on any atom is -0.493 e. The highest BCUT2D eigenvalue weighted by molar-refractivity contribution is 5.87. The highest BCUT2D eigenvalue weighted by Crippen LogP contribution is 2.55. The summed E-state index contributed by atoms with van der Waals surface area (Å²) in [6.07, 6.45) is 5.38. The van der Waals surface area contributed by atoms with Crippen LogP contribution in [0.15, 0.2) is 54.6 Å². The molecule has 0 bridgehead atoms. The molecule has 2 aromatic rings. The number of ether oxygens (including phenoxy) is 2. The molecule has 0 aromatic heterocycles. The van der Waals surface area contributed by atoms with Gasteiger partial charge < -0.3 is 24.6 Å². The Kier molecular flexibility index (Phi) is 5.54. The fraction of sp³-hybridized carbons (Fsp3) is 0.375. The summed E-state index contributed by atoms with van der Waals surface area (Å²) >= 11 is 0. The number of carboxylic acid groups (broad SMARTS) is 1. The fourth-order valence-electron chi connectivity index (χ4n) is 4.66. The van der Waals surface area contributed by atoms with Gasteiger partial charge in [-0.25, -0.2) is 4.79 Å².